The number of rotatable bonds is 5. The van der Waals surface area contributed by atoms with Crippen LogP contribution in [0.4, 0.5) is 4.79 Å². The second-order valence-corrected chi connectivity index (χ2v) is 6.95. The van der Waals surface area contributed by atoms with Crippen molar-refractivity contribution in [2.75, 3.05) is 13.1 Å². The first kappa shape index (κ1) is 20.9. The molecule has 0 aromatic heterocycles. The van der Waals surface area contributed by atoms with Gasteiger partial charge in [0.15, 0.2) is 0 Å². The zero-order valence-corrected chi connectivity index (χ0v) is 15.7. The van der Waals surface area contributed by atoms with E-state index in [9.17, 15) is 14.4 Å². The number of hydrogen-bond donors (Lipinski definition) is 3. The smallest absolute Gasteiger partial charge is 0.325 e. The average molecular weight is 369 g/mol. The number of amides is 4. The number of carbonyl (C=O) groups excluding carboxylic acids is 3. The Balaban J connectivity index is 0.00000312. The molecule has 4 amide bonds. The SMILES string of the molecule is Cc1ccc(C2(C)NC(=O)N(CC(=O)NC(C)(C)CN)C2=O)cc1.Cl. The van der Waals surface area contributed by atoms with Crippen molar-refractivity contribution in [3.05, 3.63) is 35.4 Å². The second kappa shape index (κ2) is 7.41. The molecule has 0 saturated carbocycles. The molecule has 1 unspecified atom stereocenters. The molecular weight excluding hydrogens is 344 g/mol. The lowest BCUT2D eigenvalue weighted by molar-refractivity contribution is -0.135. The Morgan fingerprint density at radius 2 is 1.84 bits per heavy atom. The highest BCUT2D eigenvalue weighted by Crippen LogP contribution is 2.28. The number of carbonyl (C=O) groups is 3. The van der Waals surface area contributed by atoms with Crippen LogP contribution in [0.2, 0.25) is 0 Å². The minimum Gasteiger partial charge on any atom is -0.348 e. The van der Waals surface area contributed by atoms with E-state index in [0.29, 0.717) is 5.56 Å². The lowest BCUT2D eigenvalue weighted by atomic mass is 9.91. The molecule has 0 aliphatic carbocycles. The Morgan fingerprint density at radius 1 is 1.28 bits per heavy atom. The van der Waals surface area contributed by atoms with Crippen LogP contribution in [0.1, 0.15) is 31.9 Å². The van der Waals surface area contributed by atoms with Crippen LogP contribution in [0.25, 0.3) is 0 Å². The van der Waals surface area contributed by atoms with E-state index in [0.717, 1.165) is 10.5 Å². The second-order valence-electron chi connectivity index (χ2n) is 6.95. The fourth-order valence-corrected chi connectivity index (χ4v) is 2.53. The highest BCUT2D eigenvalue weighted by atomic mass is 35.5. The Bertz CT molecular complexity index is 675. The molecule has 1 heterocycles. The molecule has 1 fully saturated rings. The fourth-order valence-electron chi connectivity index (χ4n) is 2.53. The Morgan fingerprint density at radius 3 is 2.36 bits per heavy atom. The van der Waals surface area contributed by atoms with E-state index < -0.39 is 28.9 Å². The van der Waals surface area contributed by atoms with Gasteiger partial charge in [-0.15, -0.1) is 12.4 Å². The molecule has 1 saturated heterocycles. The van der Waals surface area contributed by atoms with Gasteiger partial charge in [0.2, 0.25) is 5.91 Å². The van der Waals surface area contributed by atoms with Gasteiger partial charge in [0, 0.05) is 12.1 Å². The van der Waals surface area contributed by atoms with E-state index in [1.165, 1.54) is 0 Å². The maximum absolute atomic E-state index is 12.7. The Labute approximate surface area is 153 Å². The van der Waals surface area contributed by atoms with Crippen molar-refractivity contribution >= 4 is 30.3 Å². The van der Waals surface area contributed by atoms with Crippen molar-refractivity contribution in [2.45, 2.75) is 38.8 Å². The van der Waals surface area contributed by atoms with Crippen LogP contribution in [0.3, 0.4) is 0 Å². The summed E-state index contributed by atoms with van der Waals surface area (Å²) in [5, 5.41) is 5.39. The van der Waals surface area contributed by atoms with Crippen molar-refractivity contribution in [1.29, 1.82) is 0 Å². The van der Waals surface area contributed by atoms with Gasteiger partial charge in [-0.05, 0) is 33.3 Å². The van der Waals surface area contributed by atoms with Gasteiger partial charge in [-0.25, -0.2) is 4.79 Å². The molecule has 8 heteroatoms. The molecule has 1 atom stereocenters. The molecule has 1 aliphatic rings. The van der Waals surface area contributed by atoms with E-state index in [1.54, 1.807) is 32.9 Å². The van der Waals surface area contributed by atoms with E-state index in [4.69, 9.17) is 5.73 Å². The van der Waals surface area contributed by atoms with Crippen LogP contribution in [-0.4, -0.2) is 41.4 Å². The summed E-state index contributed by atoms with van der Waals surface area (Å²) in [6, 6.07) is 6.77. The summed E-state index contributed by atoms with van der Waals surface area (Å²) in [7, 11) is 0. The van der Waals surface area contributed by atoms with Gasteiger partial charge >= 0.3 is 6.03 Å². The first-order valence-electron chi connectivity index (χ1n) is 7.81. The van der Waals surface area contributed by atoms with E-state index in [2.05, 4.69) is 10.6 Å². The molecule has 7 nitrogen and oxygen atoms in total. The first-order chi connectivity index (χ1) is 11.1. The monoisotopic (exact) mass is 368 g/mol. The lowest BCUT2D eigenvalue weighted by Crippen LogP contribution is -2.52. The zero-order chi connectivity index (χ0) is 18.1. The van der Waals surface area contributed by atoms with Gasteiger partial charge in [-0.3, -0.25) is 14.5 Å². The fraction of sp³-hybridized carbons (Fsp3) is 0.471. The number of nitrogens with two attached hydrogens (primary N) is 1. The van der Waals surface area contributed by atoms with Gasteiger partial charge in [0.25, 0.3) is 5.91 Å². The average Bonchev–Trinajstić information content (AvgIpc) is 2.72. The normalized spacial score (nSPS) is 20.1. The summed E-state index contributed by atoms with van der Waals surface area (Å²) in [6.07, 6.45) is 0. The van der Waals surface area contributed by atoms with E-state index in [1.807, 2.05) is 19.1 Å². The lowest BCUT2D eigenvalue weighted by Gasteiger charge is -2.26. The third-order valence-corrected chi connectivity index (χ3v) is 4.19. The standard InChI is InChI=1S/C17H24N4O3.ClH/c1-11-5-7-12(8-6-11)17(4)14(23)21(15(24)20-17)9-13(22)19-16(2,3)10-18;/h5-8H,9-10,18H2,1-4H3,(H,19,22)(H,20,24);1H. The Hall–Kier alpha value is -2.12. The summed E-state index contributed by atoms with van der Waals surface area (Å²) in [4.78, 5) is 38.0. The zero-order valence-electron chi connectivity index (χ0n) is 14.9. The van der Waals surface area contributed by atoms with Crippen molar-refractivity contribution in [3.63, 3.8) is 0 Å². The minimum atomic E-state index is -1.17. The van der Waals surface area contributed by atoms with Crippen LogP contribution in [0.5, 0.6) is 0 Å². The molecular formula is C17H25ClN4O3. The number of aryl methyl sites for hydroxylation is 1. The summed E-state index contributed by atoms with van der Waals surface area (Å²) in [5.74, 6) is -0.876. The quantitative estimate of drug-likeness (QED) is 0.675. The molecule has 0 bridgehead atoms. The number of hydrogen-bond acceptors (Lipinski definition) is 4. The number of urea groups is 1. The molecule has 1 aromatic rings. The van der Waals surface area contributed by atoms with Gasteiger partial charge in [0.1, 0.15) is 12.1 Å². The topological polar surface area (TPSA) is 105 Å². The van der Waals surface area contributed by atoms with E-state index >= 15 is 0 Å². The molecule has 0 spiro atoms. The van der Waals surface area contributed by atoms with Gasteiger partial charge in [-0.1, -0.05) is 29.8 Å². The van der Waals surface area contributed by atoms with Crippen molar-refractivity contribution in [2.24, 2.45) is 5.73 Å². The van der Waals surface area contributed by atoms with Gasteiger partial charge in [0.05, 0.1) is 0 Å². The molecule has 1 aromatic carbocycles. The maximum atomic E-state index is 12.7. The predicted octanol–water partition coefficient (Wildman–Crippen LogP) is 1.04. The number of halogens is 1. The summed E-state index contributed by atoms with van der Waals surface area (Å²) in [5.41, 5.74) is 5.53. The molecule has 0 radical (unpaired) electrons. The highest BCUT2D eigenvalue weighted by Gasteiger charge is 2.49. The molecule has 1 aliphatic heterocycles. The van der Waals surface area contributed by atoms with Crippen molar-refractivity contribution < 1.29 is 14.4 Å². The van der Waals surface area contributed by atoms with Crippen LogP contribution in [0, 0.1) is 6.92 Å². The molecule has 25 heavy (non-hydrogen) atoms. The van der Waals surface area contributed by atoms with E-state index in [-0.39, 0.29) is 25.5 Å². The summed E-state index contributed by atoms with van der Waals surface area (Å²) < 4.78 is 0. The first-order valence-corrected chi connectivity index (χ1v) is 7.81. The number of benzene rings is 1. The van der Waals surface area contributed by atoms with Crippen molar-refractivity contribution in [3.8, 4) is 0 Å². The predicted molar refractivity (Wildman–Crippen MR) is 97.3 cm³/mol. The number of imide groups is 1. The minimum absolute atomic E-state index is 0. The summed E-state index contributed by atoms with van der Waals surface area (Å²) in [6.45, 7) is 7.03. The third kappa shape index (κ3) is 4.29. The maximum Gasteiger partial charge on any atom is 0.325 e. The summed E-state index contributed by atoms with van der Waals surface area (Å²) >= 11 is 0. The molecule has 2 rings (SSSR count). The number of nitrogens with one attached hydrogen (secondary N) is 2. The largest absolute Gasteiger partial charge is 0.348 e. The van der Waals surface area contributed by atoms with Crippen LogP contribution < -0.4 is 16.4 Å². The van der Waals surface area contributed by atoms with Crippen LogP contribution >= 0.6 is 12.4 Å². The van der Waals surface area contributed by atoms with Crippen molar-refractivity contribution in [1.82, 2.24) is 15.5 Å². The van der Waals surface area contributed by atoms with Crippen LogP contribution in [-0.2, 0) is 15.1 Å². The number of nitrogens with zero attached hydrogens (tertiary/aromatic N) is 1. The molecule has 4 N–H and O–H groups in total. The van der Waals surface area contributed by atoms with Gasteiger partial charge < -0.3 is 16.4 Å². The third-order valence-electron chi connectivity index (χ3n) is 4.19. The van der Waals surface area contributed by atoms with Gasteiger partial charge in [-0.2, -0.15) is 0 Å². The highest BCUT2D eigenvalue weighted by molar-refractivity contribution is 6.09. The Kier molecular flexibility index (Phi) is 6.20. The molecule has 138 valence electrons. The van der Waals surface area contributed by atoms with Crippen LogP contribution in [0.15, 0.2) is 24.3 Å².